The molecule has 0 atom stereocenters. The summed E-state index contributed by atoms with van der Waals surface area (Å²) in [5.41, 5.74) is 0.973. The van der Waals surface area contributed by atoms with Gasteiger partial charge in [-0.05, 0) is 24.3 Å². The molecule has 1 aromatic heterocycles. The maximum Gasteiger partial charge on any atom is 0.139 e. The molecule has 0 bridgehead atoms. The highest BCUT2D eigenvalue weighted by Gasteiger charge is 2.03. The van der Waals surface area contributed by atoms with Gasteiger partial charge in [-0.3, -0.25) is 4.98 Å². The summed E-state index contributed by atoms with van der Waals surface area (Å²) in [4.78, 5) is 4.66. The number of nitrogens with one attached hydrogen (secondary N) is 1. The Morgan fingerprint density at radius 1 is 1.16 bits per heavy atom. The molecule has 2 rings (SSSR count). The molecule has 1 N–H and O–H groups in total. The van der Waals surface area contributed by atoms with E-state index in [0.29, 0.717) is 11.4 Å². The molecule has 0 fully saturated rings. The highest BCUT2D eigenvalue weighted by Crippen LogP contribution is 2.21. The lowest BCUT2D eigenvalue weighted by molar-refractivity contribution is 0.565. The highest BCUT2D eigenvalue weighted by molar-refractivity contribution is 7.99. The van der Waals surface area contributed by atoms with E-state index in [9.17, 15) is 8.78 Å². The Balaban J connectivity index is 1.69. The lowest BCUT2D eigenvalue weighted by Crippen LogP contribution is -2.17. The van der Waals surface area contributed by atoms with Crippen molar-refractivity contribution in [3.8, 4) is 0 Å². The summed E-state index contributed by atoms with van der Waals surface area (Å²) in [7, 11) is 0. The third-order valence-electron chi connectivity index (χ3n) is 2.46. The Labute approximate surface area is 115 Å². The highest BCUT2D eigenvalue weighted by atomic mass is 32.2. The fourth-order valence-corrected chi connectivity index (χ4v) is 2.37. The molecule has 0 unspecified atom stereocenters. The summed E-state index contributed by atoms with van der Waals surface area (Å²) in [5, 5.41) is 3.22. The maximum atomic E-state index is 13.3. The molecule has 0 amide bonds. The number of benzene rings is 1. The van der Waals surface area contributed by atoms with Crippen molar-refractivity contribution in [3.63, 3.8) is 0 Å². The molecular formula is C14H14F2N2S. The molecular weight excluding hydrogens is 266 g/mol. The van der Waals surface area contributed by atoms with E-state index in [2.05, 4.69) is 10.3 Å². The van der Waals surface area contributed by atoms with E-state index in [4.69, 9.17) is 0 Å². The molecule has 0 saturated heterocycles. The summed E-state index contributed by atoms with van der Waals surface area (Å²) in [6.07, 6.45) is 1.75. The van der Waals surface area contributed by atoms with Crippen LogP contribution in [-0.4, -0.2) is 17.3 Å². The second-order valence-corrected chi connectivity index (χ2v) is 5.06. The average Bonchev–Trinajstić information content (AvgIpc) is 2.42. The molecule has 0 radical (unpaired) electrons. The summed E-state index contributed by atoms with van der Waals surface area (Å²) in [5.74, 6) is -0.333. The first-order valence-electron chi connectivity index (χ1n) is 5.94. The van der Waals surface area contributed by atoms with Crippen molar-refractivity contribution in [2.45, 2.75) is 11.4 Å². The number of nitrogens with zero attached hydrogens (tertiary/aromatic N) is 1. The van der Waals surface area contributed by atoms with E-state index in [1.54, 1.807) is 6.20 Å². The fraction of sp³-hybridized carbons (Fsp3) is 0.214. The monoisotopic (exact) mass is 280 g/mol. The first-order chi connectivity index (χ1) is 9.25. The zero-order valence-electron chi connectivity index (χ0n) is 10.3. The van der Waals surface area contributed by atoms with Gasteiger partial charge in [0.15, 0.2) is 0 Å². The predicted octanol–water partition coefficient (Wildman–Crippen LogP) is 3.24. The van der Waals surface area contributed by atoms with Crippen LogP contribution in [0.25, 0.3) is 0 Å². The van der Waals surface area contributed by atoms with Crippen molar-refractivity contribution in [1.29, 1.82) is 0 Å². The zero-order valence-corrected chi connectivity index (χ0v) is 11.1. The van der Waals surface area contributed by atoms with E-state index in [1.807, 2.05) is 18.2 Å². The van der Waals surface area contributed by atoms with Gasteiger partial charge >= 0.3 is 0 Å². The van der Waals surface area contributed by atoms with Crippen molar-refractivity contribution in [2.24, 2.45) is 0 Å². The number of hydrogen-bond acceptors (Lipinski definition) is 3. The van der Waals surface area contributed by atoms with Gasteiger partial charge in [-0.15, -0.1) is 11.8 Å². The van der Waals surface area contributed by atoms with E-state index >= 15 is 0 Å². The molecule has 100 valence electrons. The molecule has 1 aromatic carbocycles. The standard InChI is InChI=1S/C14H14F2N2S/c15-11-4-5-14(13(16)9-11)19-8-7-17-10-12-3-1-2-6-18-12/h1-6,9,17H,7-8,10H2. The Kier molecular flexibility index (Phi) is 5.30. The molecule has 0 aliphatic rings. The van der Waals surface area contributed by atoms with Crippen LogP contribution in [0.4, 0.5) is 8.78 Å². The van der Waals surface area contributed by atoms with E-state index in [-0.39, 0.29) is 0 Å². The molecule has 0 spiro atoms. The molecule has 5 heteroatoms. The Morgan fingerprint density at radius 3 is 2.79 bits per heavy atom. The van der Waals surface area contributed by atoms with Gasteiger partial charge in [0.2, 0.25) is 0 Å². The van der Waals surface area contributed by atoms with E-state index < -0.39 is 11.6 Å². The van der Waals surface area contributed by atoms with E-state index in [1.165, 1.54) is 23.9 Å². The number of aromatic nitrogens is 1. The number of pyridine rings is 1. The van der Waals surface area contributed by atoms with Crippen LogP contribution in [0.1, 0.15) is 5.69 Å². The van der Waals surface area contributed by atoms with Crippen molar-refractivity contribution >= 4 is 11.8 Å². The van der Waals surface area contributed by atoms with Crippen molar-refractivity contribution in [2.75, 3.05) is 12.3 Å². The summed E-state index contributed by atoms with van der Waals surface area (Å²) < 4.78 is 26.0. The summed E-state index contributed by atoms with van der Waals surface area (Å²) >= 11 is 1.37. The lowest BCUT2D eigenvalue weighted by Gasteiger charge is -2.05. The number of thioether (sulfide) groups is 1. The van der Waals surface area contributed by atoms with Crippen LogP contribution in [-0.2, 0) is 6.54 Å². The molecule has 2 nitrogen and oxygen atoms in total. The van der Waals surface area contributed by atoms with Crippen molar-refractivity contribution < 1.29 is 8.78 Å². The van der Waals surface area contributed by atoms with Gasteiger partial charge in [-0.25, -0.2) is 8.78 Å². The second-order valence-electron chi connectivity index (χ2n) is 3.92. The smallest absolute Gasteiger partial charge is 0.139 e. The van der Waals surface area contributed by atoms with Crippen LogP contribution < -0.4 is 5.32 Å². The van der Waals surface area contributed by atoms with Gasteiger partial charge in [0.05, 0.1) is 5.69 Å². The molecule has 0 aliphatic heterocycles. The molecule has 19 heavy (non-hydrogen) atoms. The van der Waals surface area contributed by atoms with Crippen molar-refractivity contribution in [3.05, 3.63) is 59.9 Å². The number of halogens is 2. The third-order valence-corrected chi connectivity index (χ3v) is 3.51. The van der Waals surface area contributed by atoms with Gasteiger partial charge in [-0.2, -0.15) is 0 Å². The first-order valence-corrected chi connectivity index (χ1v) is 6.93. The fourth-order valence-electron chi connectivity index (χ4n) is 1.54. The molecule has 0 saturated carbocycles. The quantitative estimate of drug-likeness (QED) is 0.649. The topological polar surface area (TPSA) is 24.9 Å². The third kappa shape index (κ3) is 4.61. The van der Waals surface area contributed by atoms with Gasteiger partial charge < -0.3 is 5.32 Å². The minimum Gasteiger partial charge on any atom is -0.310 e. The average molecular weight is 280 g/mol. The first kappa shape index (κ1) is 14.0. The molecule has 2 aromatic rings. The Bertz CT molecular complexity index is 520. The van der Waals surface area contributed by atoms with Gasteiger partial charge in [0, 0.05) is 36.0 Å². The number of rotatable bonds is 6. The number of hydrogen-bond donors (Lipinski definition) is 1. The van der Waals surface area contributed by atoms with Gasteiger partial charge in [0.25, 0.3) is 0 Å². The maximum absolute atomic E-state index is 13.3. The van der Waals surface area contributed by atoms with Gasteiger partial charge in [-0.1, -0.05) is 6.07 Å². The van der Waals surface area contributed by atoms with Crippen molar-refractivity contribution in [1.82, 2.24) is 10.3 Å². The van der Waals surface area contributed by atoms with Crippen LogP contribution in [0.3, 0.4) is 0 Å². The van der Waals surface area contributed by atoms with Crippen LogP contribution in [0.15, 0.2) is 47.5 Å². The van der Waals surface area contributed by atoms with Gasteiger partial charge in [0.1, 0.15) is 11.6 Å². The second kappa shape index (κ2) is 7.21. The van der Waals surface area contributed by atoms with Crippen LogP contribution in [0.2, 0.25) is 0 Å². The minimum absolute atomic E-state index is 0.473. The van der Waals surface area contributed by atoms with E-state index in [0.717, 1.165) is 24.1 Å². The molecule has 1 heterocycles. The summed E-state index contributed by atoms with van der Waals surface area (Å²) in [6, 6.07) is 9.40. The Hall–Kier alpha value is -1.46. The lowest BCUT2D eigenvalue weighted by atomic mass is 10.3. The zero-order chi connectivity index (χ0) is 13.5. The molecule has 0 aliphatic carbocycles. The Morgan fingerprint density at radius 2 is 2.05 bits per heavy atom. The summed E-state index contributed by atoms with van der Waals surface area (Å²) in [6.45, 7) is 1.42. The largest absolute Gasteiger partial charge is 0.310 e. The minimum atomic E-state index is -0.546. The van der Waals surface area contributed by atoms with Crippen LogP contribution in [0.5, 0.6) is 0 Å². The van der Waals surface area contributed by atoms with Crippen LogP contribution >= 0.6 is 11.8 Å². The normalized spacial score (nSPS) is 10.6. The SMILES string of the molecule is Fc1ccc(SCCNCc2ccccn2)c(F)c1. The predicted molar refractivity (Wildman–Crippen MR) is 73.0 cm³/mol. The van der Waals surface area contributed by atoms with Crippen LogP contribution in [0, 0.1) is 11.6 Å².